The Morgan fingerprint density at radius 3 is 2.47 bits per heavy atom. The summed E-state index contributed by atoms with van der Waals surface area (Å²) < 4.78 is 19.3. The summed E-state index contributed by atoms with van der Waals surface area (Å²) in [7, 11) is 0. The van der Waals surface area contributed by atoms with Crippen molar-refractivity contribution in [3.05, 3.63) is 58.3 Å². The van der Waals surface area contributed by atoms with Crippen molar-refractivity contribution in [3.63, 3.8) is 0 Å². The van der Waals surface area contributed by atoms with Gasteiger partial charge in [0.1, 0.15) is 23.1 Å². The minimum absolute atomic E-state index is 0.108. The third kappa shape index (κ3) is 2.45. The minimum atomic E-state index is -0.610. The van der Waals surface area contributed by atoms with E-state index in [1.165, 1.54) is 6.07 Å². The molecule has 0 heterocycles. The van der Waals surface area contributed by atoms with Crippen LogP contribution < -0.4 is 4.74 Å². The molecule has 17 heavy (non-hydrogen) atoms. The summed E-state index contributed by atoms with van der Waals surface area (Å²) in [5.74, 6) is 0.158. The Kier molecular flexibility index (Phi) is 3.40. The molecule has 0 fully saturated rings. The largest absolute Gasteiger partial charge is 0.456 e. The van der Waals surface area contributed by atoms with E-state index in [0.29, 0.717) is 5.75 Å². The van der Waals surface area contributed by atoms with Gasteiger partial charge in [0.25, 0.3) is 0 Å². The van der Waals surface area contributed by atoms with Crippen molar-refractivity contribution in [1.82, 2.24) is 0 Å². The van der Waals surface area contributed by atoms with Gasteiger partial charge in [0.2, 0.25) is 0 Å². The Morgan fingerprint density at radius 1 is 1.12 bits per heavy atom. The topological polar surface area (TPSA) is 33.0 Å². The molecule has 4 heteroatoms. The third-order valence-corrected chi connectivity index (χ3v) is 2.75. The molecular weight excluding hydrogens is 285 g/mol. The van der Waals surface area contributed by atoms with E-state index in [4.69, 9.17) is 10.00 Å². The molecule has 0 N–H and O–H groups in total. The van der Waals surface area contributed by atoms with Gasteiger partial charge in [0.15, 0.2) is 5.82 Å². The molecule has 0 saturated heterocycles. The lowest BCUT2D eigenvalue weighted by molar-refractivity contribution is 0.474. The molecule has 0 aliphatic heterocycles. The zero-order valence-corrected chi connectivity index (χ0v) is 10.2. The van der Waals surface area contributed by atoms with E-state index >= 15 is 0 Å². The molecule has 0 aliphatic carbocycles. The fourth-order valence-corrected chi connectivity index (χ4v) is 1.67. The first-order valence-electron chi connectivity index (χ1n) is 4.83. The van der Waals surface area contributed by atoms with Crippen molar-refractivity contribution in [2.75, 3.05) is 0 Å². The Morgan fingerprint density at radius 2 is 1.82 bits per heavy atom. The summed E-state index contributed by atoms with van der Waals surface area (Å²) >= 11 is 3.02. The Labute approximate surface area is 106 Å². The molecule has 2 rings (SSSR count). The number of ether oxygens (including phenoxy) is 1. The second-order valence-electron chi connectivity index (χ2n) is 3.26. The number of halogens is 2. The van der Waals surface area contributed by atoms with Gasteiger partial charge >= 0.3 is 0 Å². The van der Waals surface area contributed by atoms with E-state index in [9.17, 15) is 4.39 Å². The first-order chi connectivity index (χ1) is 8.22. The third-order valence-electron chi connectivity index (χ3n) is 2.14. The Bertz CT molecular complexity index is 578. The van der Waals surface area contributed by atoms with Gasteiger partial charge in [-0.15, -0.1) is 0 Å². The first kappa shape index (κ1) is 11.6. The van der Waals surface area contributed by atoms with Crippen LogP contribution in [0.25, 0.3) is 0 Å². The van der Waals surface area contributed by atoms with Crippen molar-refractivity contribution in [3.8, 4) is 17.6 Å². The predicted octanol–water partition coefficient (Wildman–Crippen LogP) is 4.25. The molecule has 0 bridgehead atoms. The van der Waals surface area contributed by atoms with Crippen LogP contribution in [-0.4, -0.2) is 0 Å². The van der Waals surface area contributed by atoms with Crippen molar-refractivity contribution >= 4 is 15.9 Å². The lowest BCUT2D eigenvalue weighted by Crippen LogP contribution is -1.92. The lowest BCUT2D eigenvalue weighted by atomic mass is 10.2. The molecule has 0 saturated carbocycles. The van der Waals surface area contributed by atoms with Gasteiger partial charge in [-0.05, 0) is 40.2 Å². The van der Waals surface area contributed by atoms with Crippen LogP contribution in [0.1, 0.15) is 5.56 Å². The number of hydrogen-bond donors (Lipinski definition) is 0. The summed E-state index contributed by atoms with van der Waals surface area (Å²) in [5, 5.41) is 8.91. The average Bonchev–Trinajstić information content (AvgIpc) is 2.36. The van der Waals surface area contributed by atoms with Crippen LogP contribution in [0, 0.1) is 17.1 Å². The summed E-state index contributed by atoms with van der Waals surface area (Å²) in [6.07, 6.45) is 0. The minimum Gasteiger partial charge on any atom is -0.456 e. The molecule has 84 valence electrons. The number of para-hydroxylation sites is 1. The quantitative estimate of drug-likeness (QED) is 0.828. The van der Waals surface area contributed by atoms with Crippen LogP contribution in [0.5, 0.6) is 11.5 Å². The molecule has 0 aromatic heterocycles. The molecule has 0 atom stereocenters. The number of hydrogen-bond acceptors (Lipinski definition) is 2. The standard InChI is InChI=1S/C13H7BrFNO/c14-11-6-7-12(10(8-16)13(11)15)17-9-4-2-1-3-5-9/h1-7H. The van der Waals surface area contributed by atoms with Gasteiger partial charge in [0.05, 0.1) is 4.47 Å². The van der Waals surface area contributed by atoms with Crippen molar-refractivity contribution < 1.29 is 9.13 Å². The highest BCUT2D eigenvalue weighted by atomic mass is 79.9. The van der Waals surface area contributed by atoms with Gasteiger partial charge < -0.3 is 4.74 Å². The maximum Gasteiger partial charge on any atom is 0.158 e. The normalized spacial score (nSPS) is 9.71. The summed E-state index contributed by atoms with van der Waals surface area (Å²) in [6, 6.07) is 13.8. The molecule has 0 radical (unpaired) electrons. The fraction of sp³-hybridized carbons (Fsp3) is 0. The van der Waals surface area contributed by atoms with Crippen LogP contribution in [0.2, 0.25) is 0 Å². The molecule has 2 aromatic carbocycles. The number of nitrogens with zero attached hydrogens (tertiary/aromatic N) is 1. The van der Waals surface area contributed by atoms with Crippen LogP contribution in [0.15, 0.2) is 46.9 Å². The Balaban J connectivity index is 2.41. The van der Waals surface area contributed by atoms with Gasteiger partial charge in [-0.1, -0.05) is 18.2 Å². The van der Waals surface area contributed by atoms with Gasteiger partial charge in [0, 0.05) is 0 Å². The highest BCUT2D eigenvalue weighted by Gasteiger charge is 2.13. The molecule has 0 unspecified atom stereocenters. The van der Waals surface area contributed by atoms with E-state index in [1.807, 2.05) is 6.07 Å². The number of rotatable bonds is 2. The lowest BCUT2D eigenvalue weighted by Gasteiger charge is -2.08. The second-order valence-corrected chi connectivity index (χ2v) is 4.12. The molecule has 0 spiro atoms. The molecule has 2 nitrogen and oxygen atoms in total. The van der Waals surface area contributed by atoms with Crippen molar-refractivity contribution in [2.45, 2.75) is 0 Å². The van der Waals surface area contributed by atoms with Crippen LogP contribution in [0.4, 0.5) is 4.39 Å². The SMILES string of the molecule is N#Cc1c(Oc2ccccc2)ccc(Br)c1F. The van der Waals surface area contributed by atoms with Crippen molar-refractivity contribution in [1.29, 1.82) is 5.26 Å². The average molecular weight is 292 g/mol. The van der Waals surface area contributed by atoms with E-state index in [0.717, 1.165) is 0 Å². The maximum atomic E-state index is 13.6. The highest BCUT2D eigenvalue weighted by molar-refractivity contribution is 9.10. The van der Waals surface area contributed by atoms with Gasteiger partial charge in [-0.2, -0.15) is 5.26 Å². The van der Waals surface area contributed by atoms with E-state index in [2.05, 4.69) is 15.9 Å². The fourth-order valence-electron chi connectivity index (χ4n) is 1.34. The van der Waals surface area contributed by atoms with Crippen LogP contribution >= 0.6 is 15.9 Å². The molecule has 0 amide bonds. The summed E-state index contributed by atoms with van der Waals surface area (Å²) in [5.41, 5.74) is -0.108. The van der Waals surface area contributed by atoms with E-state index in [-0.39, 0.29) is 15.8 Å². The van der Waals surface area contributed by atoms with Crippen molar-refractivity contribution in [2.24, 2.45) is 0 Å². The summed E-state index contributed by atoms with van der Waals surface area (Å²) in [4.78, 5) is 0. The van der Waals surface area contributed by atoms with Gasteiger partial charge in [-0.3, -0.25) is 0 Å². The van der Waals surface area contributed by atoms with Crippen LogP contribution in [0.3, 0.4) is 0 Å². The summed E-state index contributed by atoms with van der Waals surface area (Å²) in [6.45, 7) is 0. The smallest absolute Gasteiger partial charge is 0.158 e. The van der Waals surface area contributed by atoms with E-state index < -0.39 is 5.82 Å². The first-order valence-corrected chi connectivity index (χ1v) is 5.62. The van der Waals surface area contributed by atoms with Crippen LogP contribution in [-0.2, 0) is 0 Å². The zero-order valence-electron chi connectivity index (χ0n) is 8.65. The second kappa shape index (κ2) is 4.98. The number of benzene rings is 2. The Hall–Kier alpha value is -1.86. The molecule has 2 aromatic rings. The monoisotopic (exact) mass is 291 g/mol. The highest BCUT2D eigenvalue weighted by Crippen LogP contribution is 2.30. The maximum absolute atomic E-state index is 13.6. The molecular formula is C13H7BrFNO. The van der Waals surface area contributed by atoms with E-state index in [1.54, 1.807) is 36.4 Å². The zero-order chi connectivity index (χ0) is 12.3. The number of nitriles is 1. The molecule has 0 aliphatic rings. The predicted molar refractivity (Wildman–Crippen MR) is 65.3 cm³/mol. The van der Waals surface area contributed by atoms with Gasteiger partial charge in [-0.25, -0.2) is 4.39 Å².